The van der Waals surface area contributed by atoms with E-state index < -0.39 is 23.5 Å². The molecule has 1 unspecified atom stereocenters. The quantitative estimate of drug-likeness (QED) is 0.153. The first-order valence-electron chi connectivity index (χ1n) is 12.8. The van der Waals surface area contributed by atoms with E-state index in [1.54, 1.807) is 25.2 Å². The van der Waals surface area contributed by atoms with Gasteiger partial charge in [-0.3, -0.25) is 4.99 Å². The van der Waals surface area contributed by atoms with Crippen LogP contribution in [0.1, 0.15) is 90.3 Å². The van der Waals surface area contributed by atoms with Crippen molar-refractivity contribution in [1.82, 2.24) is 5.32 Å². The lowest BCUT2D eigenvalue weighted by Crippen LogP contribution is -2.29. The van der Waals surface area contributed by atoms with Gasteiger partial charge in [-0.05, 0) is 62.8 Å². The van der Waals surface area contributed by atoms with Gasteiger partial charge < -0.3 is 5.32 Å². The molecular formula is C29H40F6N2. The average Bonchev–Trinajstić information content (AvgIpc) is 2.78. The second kappa shape index (κ2) is 15.0. The van der Waals surface area contributed by atoms with Crippen molar-refractivity contribution in [2.24, 2.45) is 10.9 Å². The zero-order valence-electron chi connectivity index (χ0n) is 22.7. The predicted molar refractivity (Wildman–Crippen MR) is 141 cm³/mol. The summed E-state index contributed by atoms with van der Waals surface area (Å²) in [5.41, 5.74) is -1.79. The molecule has 0 aromatic heterocycles. The molecular weight excluding hydrogens is 490 g/mol. The molecule has 1 N–H and O–H groups in total. The molecule has 0 aliphatic heterocycles. The first kappa shape index (κ1) is 32.5. The van der Waals surface area contributed by atoms with Gasteiger partial charge in [0, 0.05) is 17.3 Å². The van der Waals surface area contributed by atoms with Crippen LogP contribution in [0.25, 0.3) is 0 Å². The maximum Gasteiger partial charge on any atom is 0.417 e. The molecule has 0 heterocycles. The molecule has 0 spiro atoms. The summed E-state index contributed by atoms with van der Waals surface area (Å²) in [6.07, 6.45) is 1.99. The molecule has 1 rings (SSSR count). The number of alkyl halides is 6. The molecule has 1 atom stereocenters. The van der Waals surface area contributed by atoms with Gasteiger partial charge in [0.15, 0.2) is 0 Å². The Morgan fingerprint density at radius 2 is 1.70 bits per heavy atom. The van der Waals surface area contributed by atoms with Gasteiger partial charge >= 0.3 is 12.4 Å². The van der Waals surface area contributed by atoms with Crippen LogP contribution in [0.5, 0.6) is 0 Å². The summed E-state index contributed by atoms with van der Waals surface area (Å²) in [7, 11) is 0. The lowest BCUT2D eigenvalue weighted by Gasteiger charge is -2.22. The number of nitrogens with zero attached hydrogens (tertiary/aromatic N) is 1. The molecule has 1 aromatic rings. The van der Waals surface area contributed by atoms with Crippen molar-refractivity contribution >= 4 is 5.71 Å². The van der Waals surface area contributed by atoms with Crippen LogP contribution in [0, 0.1) is 5.92 Å². The number of halogens is 6. The number of allylic oxidation sites excluding steroid dienone is 5. The van der Waals surface area contributed by atoms with Gasteiger partial charge in [-0.15, -0.1) is 0 Å². The van der Waals surface area contributed by atoms with Crippen molar-refractivity contribution in [3.63, 3.8) is 0 Å². The normalized spacial score (nSPS) is 15.1. The summed E-state index contributed by atoms with van der Waals surface area (Å²) < 4.78 is 81.1. The second-order valence-electron chi connectivity index (χ2n) is 9.63. The molecule has 8 heteroatoms. The Balaban J connectivity index is 3.45. The van der Waals surface area contributed by atoms with Gasteiger partial charge in [0.05, 0.1) is 23.4 Å². The first-order chi connectivity index (χ1) is 17.2. The highest BCUT2D eigenvalue weighted by atomic mass is 19.4. The minimum atomic E-state index is -4.98. The summed E-state index contributed by atoms with van der Waals surface area (Å²) >= 11 is 0. The molecule has 0 saturated heterocycles. The molecule has 37 heavy (non-hydrogen) atoms. The monoisotopic (exact) mass is 530 g/mol. The number of unbranched alkanes of at least 4 members (excludes halogenated alkanes) is 1. The van der Waals surface area contributed by atoms with Crippen molar-refractivity contribution < 1.29 is 26.3 Å². The fourth-order valence-electron chi connectivity index (χ4n) is 3.93. The fraction of sp³-hybridized carbons (Fsp3) is 0.552. The highest BCUT2D eigenvalue weighted by molar-refractivity contribution is 6.13. The third-order valence-corrected chi connectivity index (χ3v) is 5.74. The second-order valence-corrected chi connectivity index (χ2v) is 9.63. The van der Waals surface area contributed by atoms with Gasteiger partial charge in [0.2, 0.25) is 0 Å². The molecule has 0 amide bonds. The molecule has 0 saturated carbocycles. The van der Waals surface area contributed by atoms with Gasteiger partial charge in [-0.2, -0.15) is 26.3 Å². The van der Waals surface area contributed by atoms with E-state index in [-0.39, 0.29) is 29.9 Å². The summed E-state index contributed by atoms with van der Waals surface area (Å²) in [4.78, 5) is 4.43. The average molecular weight is 531 g/mol. The van der Waals surface area contributed by atoms with Crippen LogP contribution in [0.2, 0.25) is 0 Å². The van der Waals surface area contributed by atoms with Crippen molar-refractivity contribution in [2.45, 2.75) is 92.0 Å². The number of aliphatic imine (C=N–C) groups is 1. The van der Waals surface area contributed by atoms with E-state index >= 15 is 0 Å². The summed E-state index contributed by atoms with van der Waals surface area (Å²) in [6, 6.07) is 1.98. The van der Waals surface area contributed by atoms with Crippen molar-refractivity contribution in [2.75, 3.05) is 6.54 Å². The van der Waals surface area contributed by atoms with Crippen molar-refractivity contribution in [3.05, 3.63) is 70.5 Å². The predicted octanol–water partition coefficient (Wildman–Crippen LogP) is 9.52. The van der Waals surface area contributed by atoms with E-state index in [0.717, 1.165) is 43.9 Å². The molecule has 0 fully saturated rings. The van der Waals surface area contributed by atoms with Gasteiger partial charge in [-0.1, -0.05) is 64.8 Å². The number of hydrogen-bond acceptors (Lipinski definition) is 2. The van der Waals surface area contributed by atoms with Crippen LogP contribution in [0.3, 0.4) is 0 Å². The van der Waals surface area contributed by atoms with E-state index in [9.17, 15) is 26.3 Å². The maximum absolute atomic E-state index is 13.9. The number of nitrogens with one attached hydrogen (secondary N) is 1. The maximum atomic E-state index is 13.9. The van der Waals surface area contributed by atoms with Crippen LogP contribution in [-0.4, -0.2) is 18.3 Å². The van der Waals surface area contributed by atoms with Crippen molar-refractivity contribution in [3.8, 4) is 0 Å². The Kier molecular flexibility index (Phi) is 13.2. The highest BCUT2D eigenvalue weighted by Crippen LogP contribution is 2.38. The van der Waals surface area contributed by atoms with Gasteiger partial charge in [0.25, 0.3) is 0 Å². The van der Waals surface area contributed by atoms with E-state index in [0.29, 0.717) is 17.6 Å². The Hall–Kier alpha value is -2.51. The molecule has 2 nitrogen and oxygen atoms in total. The van der Waals surface area contributed by atoms with E-state index in [1.807, 2.05) is 19.9 Å². The van der Waals surface area contributed by atoms with Crippen molar-refractivity contribution in [1.29, 1.82) is 0 Å². The van der Waals surface area contributed by atoms with Gasteiger partial charge in [0.1, 0.15) is 0 Å². The lowest BCUT2D eigenvalue weighted by atomic mass is 9.95. The number of hydrogen-bond donors (Lipinski definition) is 1. The first-order valence-corrected chi connectivity index (χ1v) is 12.8. The zero-order chi connectivity index (χ0) is 28.2. The summed E-state index contributed by atoms with van der Waals surface area (Å²) in [6.45, 7) is 11.9. The Bertz CT molecular complexity index is 966. The van der Waals surface area contributed by atoms with Crippen LogP contribution in [0.15, 0.2) is 58.8 Å². The smallest absolute Gasteiger partial charge is 0.386 e. The number of rotatable bonds is 13. The molecule has 0 aliphatic rings. The summed E-state index contributed by atoms with van der Waals surface area (Å²) in [5.74, 6) is 0.510. The highest BCUT2D eigenvalue weighted by Gasteiger charge is 2.39. The molecule has 1 aromatic carbocycles. The van der Waals surface area contributed by atoms with Crippen LogP contribution < -0.4 is 5.32 Å². The number of benzene rings is 1. The van der Waals surface area contributed by atoms with Crippen LogP contribution >= 0.6 is 0 Å². The molecule has 0 radical (unpaired) electrons. The lowest BCUT2D eigenvalue weighted by molar-refractivity contribution is -0.143. The summed E-state index contributed by atoms with van der Waals surface area (Å²) in [5, 5.41) is 3.49. The van der Waals surface area contributed by atoms with E-state index in [1.165, 1.54) is 0 Å². The van der Waals surface area contributed by atoms with Crippen LogP contribution in [-0.2, 0) is 12.4 Å². The Morgan fingerprint density at radius 3 is 2.24 bits per heavy atom. The molecule has 0 bridgehead atoms. The fourth-order valence-corrected chi connectivity index (χ4v) is 3.93. The topological polar surface area (TPSA) is 24.4 Å². The SMILES string of the molecule is CC/C=C\C=C(/C)C(=NC/C=C(\C)NC(CCCC)CC(C)C)c1ccc(C(F)(F)F)cc1C(F)(F)F. The van der Waals surface area contributed by atoms with E-state index in [2.05, 4.69) is 31.1 Å². The van der Waals surface area contributed by atoms with E-state index in [4.69, 9.17) is 0 Å². The van der Waals surface area contributed by atoms with Crippen LogP contribution in [0.4, 0.5) is 26.3 Å². The minimum absolute atomic E-state index is 0.00978. The Labute approximate surface area is 217 Å². The molecule has 0 aliphatic carbocycles. The zero-order valence-corrected chi connectivity index (χ0v) is 22.7. The van der Waals surface area contributed by atoms with Gasteiger partial charge in [-0.25, -0.2) is 0 Å². The Morgan fingerprint density at radius 1 is 1.03 bits per heavy atom. The third kappa shape index (κ3) is 11.6. The largest absolute Gasteiger partial charge is 0.417 e. The standard InChI is InChI=1S/C29H40F6N2/c1-7-9-11-12-21(5)27(25-15-14-23(28(30,31)32)19-26(25)29(33,34)35)36-17-16-22(6)37-24(13-10-8-2)18-20(3)4/h9,11-12,14-16,19-20,24,37H,7-8,10,13,17-18H2,1-6H3/b11-9-,21-12+,22-16+,36-27?. The third-order valence-electron chi connectivity index (χ3n) is 5.74. The minimum Gasteiger partial charge on any atom is -0.386 e. The molecule has 208 valence electrons.